The Kier molecular flexibility index (Phi) is 5.66. The Morgan fingerprint density at radius 3 is 2.74 bits per heavy atom. The lowest BCUT2D eigenvalue weighted by atomic mass is 10.2. The summed E-state index contributed by atoms with van der Waals surface area (Å²) >= 11 is 0. The van der Waals surface area contributed by atoms with Crippen molar-refractivity contribution >= 4 is 17.7 Å². The molecule has 2 amide bonds. The maximum atomic E-state index is 11.5. The van der Waals surface area contributed by atoms with E-state index in [2.05, 4.69) is 10.6 Å². The van der Waals surface area contributed by atoms with Crippen LogP contribution >= 0.6 is 0 Å². The maximum Gasteiger partial charge on any atom is 0.319 e. The van der Waals surface area contributed by atoms with E-state index in [1.54, 1.807) is 12.1 Å². The van der Waals surface area contributed by atoms with Gasteiger partial charge in [0.15, 0.2) is 0 Å². The first-order chi connectivity index (χ1) is 9.02. The number of benzene rings is 1. The fourth-order valence-corrected chi connectivity index (χ4v) is 1.45. The summed E-state index contributed by atoms with van der Waals surface area (Å²) in [6.07, 6.45) is -0.106. The minimum absolute atomic E-state index is 0.0886. The van der Waals surface area contributed by atoms with Crippen molar-refractivity contribution in [1.82, 2.24) is 5.32 Å². The molecule has 0 atom stereocenters. The number of carbonyl (C=O) groups is 2. The number of aliphatic carboxylic acids is 1. The molecule has 0 aliphatic rings. The predicted molar refractivity (Wildman–Crippen MR) is 71.6 cm³/mol. The molecule has 0 bridgehead atoms. The summed E-state index contributed by atoms with van der Waals surface area (Å²) in [6.45, 7) is 4.44. The fourth-order valence-electron chi connectivity index (χ4n) is 1.45. The van der Waals surface area contributed by atoms with Gasteiger partial charge in [0.2, 0.25) is 0 Å². The van der Waals surface area contributed by atoms with Crippen LogP contribution in [0.25, 0.3) is 0 Å². The molecule has 1 aromatic rings. The number of aryl methyl sites for hydroxylation is 1. The summed E-state index contributed by atoms with van der Waals surface area (Å²) in [5.41, 5.74) is 1.58. The van der Waals surface area contributed by atoms with Crippen LogP contribution < -0.4 is 15.4 Å². The quantitative estimate of drug-likeness (QED) is 0.734. The summed E-state index contributed by atoms with van der Waals surface area (Å²) in [4.78, 5) is 21.8. The van der Waals surface area contributed by atoms with Gasteiger partial charge >= 0.3 is 12.0 Å². The fraction of sp³-hybridized carbons (Fsp3) is 0.385. The Labute approximate surface area is 111 Å². The number of urea groups is 1. The van der Waals surface area contributed by atoms with Crippen molar-refractivity contribution in [2.24, 2.45) is 0 Å². The molecule has 0 saturated carbocycles. The van der Waals surface area contributed by atoms with Gasteiger partial charge in [-0.2, -0.15) is 0 Å². The van der Waals surface area contributed by atoms with Crippen LogP contribution in [0.1, 0.15) is 18.9 Å². The first kappa shape index (κ1) is 14.8. The maximum absolute atomic E-state index is 11.5. The van der Waals surface area contributed by atoms with Gasteiger partial charge in [-0.3, -0.25) is 4.79 Å². The monoisotopic (exact) mass is 266 g/mol. The van der Waals surface area contributed by atoms with Gasteiger partial charge in [0, 0.05) is 18.3 Å². The molecule has 0 fully saturated rings. The van der Waals surface area contributed by atoms with Gasteiger partial charge in [0.05, 0.1) is 13.0 Å². The second-order valence-corrected chi connectivity index (χ2v) is 3.94. The molecule has 0 aromatic heterocycles. The van der Waals surface area contributed by atoms with Gasteiger partial charge in [-0.25, -0.2) is 4.79 Å². The lowest BCUT2D eigenvalue weighted by Gasteiger charge is -2.11. The van der Waals surface area contributed by atoms with Gasteiger partial charge in [0.25, 0.3) is 0 Å². The summed E-state index contributed by atoms with van der Waals surface area (Å²) in [6, 6.07) is 4.90. The van der Waals surface area contributed by atoms with Crippen molar-refractivity contribution in [3.05, 3.63) is 23.8 Å². The lowest BCUT2D eigenvalue weighted by Crippen LogP contribution is -2.30. The summed E-state index contributed by atoms with van der Waals surface area (Å²) in [5, 5.41) is 13.5. The van der Waals surface area contributed by atoms with Crippen molar-refractivity contribution < 1.29 is 19.4 Å². The zero-order valence-corrected chi connectivity index (χ0v) is 11.0. The molecule has 0 heterocycles. The Morgan fingerprint density at radius 1 is 1.37 bits per heavy atom. The number of anilines is 1. The van der Waals surface area contributed by atoms with Crippen LogP contribution in [-0.4, -0.2) is 30.3 Å². The topological polar surface area (TPSA) is 87.7 Å². The highest BCUT2D eigenvalue weighted by Crippen LogP contribution is 2.22. The van der Waals surface area contributed by atoms with E-state index in [0.29, 0.717) is 18.0 Å². The minimum atomic E-state index is -0.950. The van der Waals surface area contributed by atoms with Crippen LogP contribution in [0.3, 0.4) is 0 Å². The molecule has 6 heteroatoms. The Morgan fingerprint density at radius 2 is 2.11 bits per heavy atom. The standard InChI is InChI=1S/C13H18N2O4/c1-3-19-11-8-10(5-4-9(11)2)15-13(18)14-7-6-12(16)17/h4-5,8H,3,6-7H2,1-2H3,(H,16,17)(H2,14,15,18). The average molecular weight is 266 g/mol. The zero-order chi connectivity index (χ0) is 14.3. The Bertz CT molecular complexity index is 460. The van der Waals surface area contributed by atoms with E-state index in [0.717, 1.165) is 5.56 Å². The molecule has 0 aliphatic heterocycles. The molecule has 6 nitrogen and oxygen atoms in total. The number of carbonyl (C=O) groups excluding carboxylic acids is 1. The first-order valence-corrected chi connectivity index (χ1v) is 6.03. The third kappa shape index (κ3) is 5.29. The number of rotatable bonds is 6. The zero-order valence-electron chi connectivity index (χ0n) is 11.0. The smallest absolute Gasteiger partial charge is 0.319 e. The highest BCUT2D eigenvalue weighted by molar-refractivity contribution is 5.89. The van der Waals surface area contributed by atoms with Gasteiger partial charge in [0.1, 0.15) is 5.75 Å². The Balaban J connectivity index is 2.54. The van der Waals surface area contributed by atoms with Crippen molar-refractivity contribution in [2.75, 3.05) is 18.5 Å². The van der Waals surface area contributed by atoms with Crippen LogP contribution in [-0.2, 0) is 4.79 Å². The molecular formula is C13H18N2O4. The molecule has 0 aliphatic carbocycles. The van der Waals surface area contributed by atoms with Crippen molar-refractivity contribution in [3.63, 3.8) is 0 Å². The van der Waals surface area contributed by atoms with Crippen LogP contribution in [0.4, 0.5) is 10.5 Å². The molecule has 19 heavy (non-hydrogen) atoms. The lowest BCUT2D eigenvalue weighted by molar-refractivity contribution is -0.136. The molecule has 104 valence electrons. The number of amides is 2. The van der Waals surface area contributed by atoms with Crippen molar-refractivity contribution in [2.45, 2.75) is 20.3 Å². The highest BCUT2D eigenvalue weighted by atomic mass is 16.5. The van der Waals surface area contributed by atoms with Gasteiger partial charge < -0.3 is 20.5 Å². The van der Waals surface area contributed by atoms with E-state index in [1.165, 1.54) is 0 Å². The summed E-state index contributed by atoms with van der Waals surface area (Å²) < 4.78 is 5.42. The molecule has 0 saturated heterocycles. The van der Waals surface area contributed by atoms with Gasteiger partial charge in [-0.1, -0.05) is 6.07 Å². The largest absolute Gasteiger partial charge is 0.494 e. The van der Waals surface area contributed by atoms with E-state index in [9.17, 15) is 9.59 Å². The highest BCUT2D eigenvalue weighted by Gasteiger charge is 2.05. The molecule has 3 N–H and O–H groups in total. The number of hydrogen-bond donors (Lipinski definition) is 3. The molecule has 0 radical (unpaired) electrons. The second-order valence-electron chi connectivity index (χ2n) is 3.94. The average Bonchev–Trinajstić information content (AvgIpc) is 2.33. The van der Waals surface area contributed by atoms with E-state index < -0.39 is 12.0 Å². The van der Waals surface area contributed by atoms with Gasteiger partial charge in [-0.05, 0) is 25.5 Å². The van der Waals surface area contributed by atoms with E-state index >= 15 is 0 Å². The minimum Gasteiger partial charge on any atom is -0.494 e. The molecular weight excluding hydrogens is 248 g/mol. The summed E-state index contributed by atoms with van der Waals surface area (Å²) in [5.74, 6) is -0.236. The van der Waals surface area contributed by atoms with Gasteiger partial charge in [-0.15, -0.1) is 0 Å². The van der Waals surface area contributed by atoms with Crippen molar-refractivity contribution in [1.29, 1.82) is 0 Å². The number of carboxylic acids is 1. The number of hydrogen-bond acceptors (Lipinski definition) is 3. The normalized spacial score (nSPS) is 9.79. The number of ether oxygens (including phenoxy) is 1. The number of carboxylic acid groups (broad SMARTS) is 1. The Hall–Kier alpha value is -2.24. The molecule has 0 unspecified atom stereocenters. The third-order valence-corrected chi connectivity index (χ3v) is 2.37. The van der Waals surface area contributed by atoms with Crippen LogP contribution in [0.5, 0.6) is 5.75 Å². The second kappa shape index (κ2) is 7.25. The first-order valence-electron chi connectivity index (χ1n) is 6.03. The van der Waals surface area contributed by atoms with Crippen LogP contribution in [0.2, 0.25) is 0 Å². The predicted octanol–water partition coefficient (Wildman–Crippen LogP) is 1.99. The van der Waals surface area contributed by atoms with Crippen molar-refractivity contribution in [3.8, 4) is 5.75 Å². The van der Waals surface area contributed by atoms with E-state index in [4.69, 9.17) is 9.84 Å². The molecule has 1 rings (SSSR count). The molecule has 0 spiro atoms. The number of nitrogens with one attached hydrogen (secondary N) is 2. The van der Waals surface area contributed by atoms with Crippen LogP contribution in [0, 0.1) is 6.92 Å². The van der Waals surface area contributed by atoms with E-state index in [-0.39, 0.29) is 13.0 Å². The third-order valence-electron chi connectivity index (χ3n) is 2.37. The summed E-state index contributed by atoms with van der Waals surface area (Å²) in [7, 11) is 0. The van der Waals surface area contributed by atoms with E-state index in [1.807, 2.05) is 19.9 Å². The SMILES string of the molecule is CCOc1cc(NC(=O)NCCC(=O)O)ccc1C. The molecule has 1 aromatic carbocycles. The van der Waals surface area contributed by atoms with Crippen LogP contribution in [0.15, 0.2) is 18.2 Å².